The average Bonchev–Trinajstić information content (AvgIpc) is 3.20. The fourth-order valence-electron chi connectivity index (χ4n) is 2.32. The number of nitrogens with one attached hydrogen (secondary N) is 1. The van der Waals surface area contributed by atoms with Gasteiger partial charge >= 0.3 is 11.9 Å². The molecule has 0 aromatic carbocycles. The van der Waals surface area contributed by atoms with Gasteiger partial charge in [0.15, 0.2) is 0 Å². The fraction of sp³-hybridized carbons (Fsp3) is 0.312. The lowest BCUT2D eigenvalue weighted by atomic mass is 10.1. The SMILES string of the molecule is CCOC(=O)c1[nH]c(COC(=O)c2ccco2)c(/C(C)=N/O)c1C. The molecule has 2 aromatic rings. The summed E-state index contributed by atoms with van der Waals surface area (Å²) in [4.78, 5) is 26.7. The molecule has 2 rings (SSSR count). The minimum atomic E-state index is -0.644. The van der Waals surface area contributed by atoms with Gasteiger partial charge in [-0.2, -0.15) is 0 Å². The monoisotopic (exact) mass is 334 g/mol. The van der Waals surface area contributed by atoms with Crippen LogP contribution in [0, 0.1) is 6.92 Å². The second kappa shape index (κ2) is 7.49. The van der Waals surface area contributed by atoms with E-state index in [2.05, 4.69) is 10.1 Å². The summed E-state index contributed by atoms with van der Waals surface area (Å²) in [5.74, 6) is -1.11. The predicted octanol–water partition coefficient (Wildman–Crippen LogP) is 2.65. The van der Waals surface area contributed by atoms with E-state index >= 15 is 0 Å². The Labute approximate surface area is 138 Å². The zero-order chi connectivity index (χ0) is 17.7. The van der Waals surface area contributed by atoms with Crippen molar-refractivity contribution in [3.05, 3.63) is 46.7 Å². The molecule has 0 aliphatic heterocycles. The van der Waals surface area contributed by atoms with Crippen LogP contribution in [0.4, 0.5) is 0 Å². The molecule has 0 amide bonds. The largest absolute Gasteiger partial charge is 0.461 e. The number of H-pyrrole nitrogens is 1. The molecule has 24 heavy (non-hydrogen) atoms. The number of nitrogens with zero attached hydrogens (tertiary/aromatic N) is 1. The van der Waals surface area contributed by atoms with Crippen LogP contribution in [-0.4, -0.2) is 34.4 Å². The third-order valence-electron chi connectivity index (χ3n) is 3.39. The van der Waals surface area contributed by atoms with Gasteiger partial charge in [-0.25, -0.2) is 9.59 Å². The van der Waals surface area contributed by atoms with Crippen LogP contribution in [0.1, 0.15) is 51.7 Å². The van der Waals surface area contributed by atoms with E-state index in [1.54, 1.807) is 26.8 Å². The first kappa shape index (κ1) is 17.3. The molecule has 0 radical (unpaired) electrons. The van der Waals surface area contributed by atoms with E-state index in [0.717, 1.165) is 0 Å². The summed E-state index contributed by atoms with van der Waals surface area (Å²) in [6.45, 7) is 5.03. The van der Waals surface area contributed by atoms with Crippen molar-refractivity contribution in [2.75, 3.05) is 6.61 Å². The zero-order valence-corrected chi connectivity index (χ0v) is 13.6. The van der Waals surface area contributed by atoms with Crippen molar-refractivity contribution >= 4 is 17.7 Å². The molecule has 0 atom stereocenters. The summed E-state index contributed by atoms with van der Waals surface area (Å²) >= 11 is 0. The first-order valence-corrected chi connectivity index (χ1v) is 7.27. The van der Waals surface area contributed by atoms with Crippen LogP contribution in [0.3, 0.4) is 0 Å². The zero-order valence-electron chi connectivity index (χ0n) is 13.6. The first-order chi connectivity index (χ1) is 11.5. The topological polar surface area (TPSA) is 114 Å². The molecule has 0 saturated heterocycles. The molecule has 2 heterocycles. The Kier molecular flexibility index (Phi) is 5.41. The maximum atomic E-state index is 12.0. The molecule has 8 heteroatoms. The van der Waals surface area contributed by atoms with Gasteiger partial charge < -0.3 is 24.1 Å². The van der Waals surface area contributed by atoms with Gasteiger partial charge in [0.2, 0.25) is 5.76 Å². The van der Waals surface area contributed by atoms with E-state index in [4.69, 9.17) is 19.1 Å². The number of furan rings is 1. The Hall–Kier alpha value is -3.03. The lowest BCUT2D eigenvalue weighted by Crippen LogP contribution is -2.08. The average molecular weight is 334 g/mol. The van der Waals surface area contributed by atoms with Crippen molar-refractivity contribution in [2.45, 2.75) is 27.4 Å². The molecule has 0 saturated carbocycles. The van der Waals surface area contributed by atoms with E-state index in [1.165, 1.54) is 12.3 Å². The van der Waals surface area contributed by atoms with E-state index < -0.39 is 11.9 Å². The van der Waals surface area contributed by atoms with E-state index in [9.17, 15) is 9.59 Å². The summed E-state index contributed by atoms with van der Waals surface area (Å²) in [7, 11) is 0. The van der Waals surface area contributed by atoms with Crippen LogP contribution in [0.5, 0.6) is 0 Å². The molecule has 0 aliphatic rings. The third kappa shape index (κ3) is 3.48. The van der Waals surface area contributed by atoms with Crippen molar-refractivity contribution in [3.8, 4) is 0 Å². The highest BCUT2D eigenvalue weighted by Crippen LogP contribution is 2.22. The highest BCUT2D eigenvalue weighted by atomic mass is 16.5. The number of carbonyl (C=O) groups excluding carboxylic acids is 2. The highest BCUT2D eigenvalue weighted by Gasteiger charge is 2.23. The Morgan fingerprint density at radius 3 is 2.67 bits per heavy atom. The molecule has 2 aromatic heterocycles. The number of aromatic amines is 1. The summed E-state index contributed by atoms with van der Waals surface area (Å²) in [5.41, 5.74) is 1.97. The number of esters is 2. The van der Waals surface area contributed by atoms with Crippen LogP contribution in [-0.2, 0) is 16.1 Å². The Morgan fingerprint density at radius 1 is 1.33 bits per heavy atom. The fourth-order valence-corrected chi connectivity index (χ4v) is 2.32. The van der Waals surface area contributed by atoms with Crippen LogP contribution < -0.4 is 0 Å². The maximum Gasteiger partial charge on any atom is 0.374 e. The Bertz CT molecular complexity index is 758. The number of rotatable bonds is 6. The molecule has 0 spiro atoms. The number of hydrogen-bond donors (Lipinski definition) is 2. The summed E-state index contributed by atoms with van der Waals surface area (Å²) in [6, 6.07) is 3.05. The summed E-state index contributed by atoms with van der Waals surface area (Å²) in [5, 5.41) is 12.2. The van der Waals surface area contributed by atoms with Crippen molar-refractivity contribution < 1.29 is 28.7 Å². The number of aromatic nitrogens is 1. The second-order valence-corrected chi connectivity index (χ2v) is 4.94. The normalized spacial score (nSPS) is 11.4. The van der Waals surface area contributed by atoms with Gasteiger partial charge in [-0.15, -0.1) is 0 Å². The number of oxime groups is 1. The van der Waals surface area contributed by atoms with Gasteiger partial charge in [0.05, 0.1) is 24.3 Å². The maximum absolute atomic E-state index is 12.0. The van der Waals surface area contributed by atoms with Gasteiger partial charge in [-0.05, 0) is 38.5 Å². The first-order valence-electron chi connectivity index (χ1n) is 7.27. The highest BCUT2D eigenvalue weighted by molar-refractivity contribution is 6.04. The standard InChI is InChI=1S/C16H18N2O6/c1-4-22-16(20)14-9(2)13(10(3)18-21)11(17-14)8-24-15(19)12-6-5-7-23-12/h5-7,17,21H,4,8H2,1-3H3/b18-10+. The van der Waals surface area contributed by atoms with E-state index in [0.29, 0.717) is 16.8 Å². The van der Waals surface area contributed by atoms with Gasteiger partial charge in [0.1, 0.15) is 12.3 Å². The molecular weight excluding hydrogens is 316 g/mol. The smallest absolute Gasteiger partial charge is 0.374 e. The lowest BCUT2D eigenvalue weighted by molar-refractivity contribution is 0.0431. The van der Waals surface area contributed by atoms with Crippen LogP contribution in [0.2, 0.25) is 0 Å². The molecule has 2 N–H and O–H groups in total. The number of ether oxygens (including phenoxy) is 2. The van der Waals surface area contributed by atoms with Crippen LogP contribution >= 0.6 is 0 Å². The van der Waals surface area contributed by atoms with Gasteiger partial charge in [0.25, 0.3) is 0 Å². The minimum absolute atomic E-state index is 0.0676. The summed E-state index contributed by atoms with van der Waals surface area (Å²) < 4.78 is 15.1. The van der Waals surface area contributed by atoms with Gasteiger partial charge in [0, 0.05) is 5.56 Å². The van der Waals surface area contributed by atoms with Crippen molar-refractivity contribution in [1.29, 1.82) is 0 Å². The molecule has 8 nitrogen and oxygen atoms in total. The van der Waals surface area contributed by atoms with E-state index in [1.807, 2.05) is 0 Å². The van der Waals surface area contributed by atoms with Crippen molar-refractivity contribution in [2.24, 2.45) is 5.16 Å². The van der Waals surface area contributed by atoms with E-state index in [-0.39, 0.29) is 30.4 Å². The second-order valence-electron chi connectivity index (χ2n) is 4.94. The van der Waals surface area contributed by atoms with Crippen LogP contribution in [0.15, 0.2) is 28.0 Å². The number of hydrogen-bond acceptors (Lipinski definition) is 7. The van der Waals surface area contributed by atoms with Crippen molar-refractivity contribution in [3.63, 3.8) is 0 Å². The third-order valence-corrected chi connectivity index (χ3v) is 3.39. The Morgan fingerprint density at radius 2 is 2.08 bits per heavy atom. The molecular formula is C16H18N2O6. The number of carbonyl (C=O) groups is 2. The lowest BCUT2D eigenvalue weighted by Gasteiger charge is -2.05. The molecule has 0 fully saturated rings. The molecule has 0 bridgehead atoms. The summed E-state index contributed by atoms with van der Waals surface area (Å²) in [6.07, 6.45) is 1.36. The molecule has 0 aliphatic carbocycles. The van der Waals surface area contributed by atoms with Crippen LogP contribution in [0.25, 0.3) is 0 Å². The predicted molar refractivity (Wildman–Crippen MR) is 83.3 cm³/mol. The molecule has 0 unspecified atom stereocenters. The van der Waals surface area contributed by atoms with Crippen molar-refractivity contribution in [1.82, 2.24) is 4.98 Å². The molecule has 128 valence electrons. The Balaban J connectivity index is 2.28. The van der Waals surface area contributed by atoms with Gasteiger partial charge in [-0.3, -0.25) is 0 Å². The van der Waals surface area contributed by atoms with Gasteiger partial charge in [-0.1, -0.05) is 5.16 Å². The quantitative estimate of drug-likeness (QED) is 0.363. The minimum Gasteiger partial charge on any atom is -0.461 e.